The van der Waals surface area contributed by atoms with Gasteiger partial charge in [-0.1, -0.05) is 6.42 Å². The maximum absolute atomic E-state index is 13.0. The molecule has 3 rings (SSSR count). The number of nitrogens with zero attached hydrogens (tertiary/aromatic N) is 3. The predicted molar refractivity (Wildman–Crippen MR) is 116 cm³/mol. The second-order valence-corrected chi connectivity index (χ2v) is 9.66. The number of carbonyl (C=O) groups is 1. The van der Waals surface area contributed by atoms with E-state index in [0.29, 0.717) is 17.0 Å². The van der Waals surface area contributed by atoms with Crippen molar-refractivity contribution in [2.24, 2.45) is 10.9 Å². The van der Waals surface area contributed by atoms with Crippen LogP contribution >= 0.6 is 0 Å². The summed E-state index contributed by atoms with van der Waals surface area (Å²) in [7, 11) is -3.68. The lowest BCUT2D eigenvalue weighted by atomic mass is 9.87. The number of nitrogens with two attached hydrogens (primary N) is 2. The van der Waals surface area contributed by atoms with Gasteiger partial charge in [0.15, 0.2) is 15.7 Å². The van der Waals surface area contributed by atoms with Crippen molar-refractivity contribution in [2.75, 3.05) is 17.2 Å². The predicted octanol–water partition coefficient (Wildman–Crippen LogP) is 1.36. The quantitative estimate of drug-likeness (QED) is 0.655. The summed E-state index contributed by atoms with van der Waals surface area (Å²) in [5.74, 6) is -0.199. The fourth-order valence-electron chi connectivity index (χ4n) is 3.53. The zero-order chi connectivity index (χ0) is 22.2. The van der Waals surface area contributed by atoms with Gasteiger partial charge < -0.3 is 11.5 Å². The van der Waals surface area contributed by atoms with E-state index < -0.39 is 21.3 Å². The topological polar surface area (TPSA) is 150 Å². The lowest BCUT2D eigenvalue weighted by molar-refractivity contribution is -0.117. The number of hydrogen-bond acceptors (Lipinski definition) is 7. The van der Waals surface area contributed by atoms with E-state index in [1.807, 2.05) is 0 Å². The van der Waals surface area contributed by atoms with Gasteiger partial charge in [0.05, 0.1) is 22.8 Å². The second-order valence-electron chi connectivity index (χ2n) is 7.66. The van der Waals surface area contributed by atoms with Crippen LogP contribution in [0.15, 0.2) is 26.8 Å². The zero-order valence-corrected chi connectivity index (χ0v) is 17.8. The number of amides is 1. The molecule has 0 saturated heterocycles. The molecule has 0 atom stereocenters. The first-order valence-electron chi connectivity index (χ1n) is 9.56. The molecule has 0 bridgehead atoms. The molecule has 2 aromatic rings. The highest BCUT2D eigenvalue weighted by atomic mass is 32.2. The van der Waals surface area contributed by atoms with Crippen LogP contribution in [0.4, 0.5) is 11.4 Å². The molecule has 1 fully saturated rings. The van der Waals surface area contributed by atoms with Crippen LogP contribution in [0.2, 0.25) is 0 Å². The monoisotopic (exact) mass is 431 g/mol. The molecule has 0 unspecified atom stereocenters. The Morgan fingerprint density at radius 3 is 2.53 bits per heavy atom. The summed E-state index contributed by atoms with van der Waals surface area (Å²) in [6.45, 7) is 6.47. The number of aliphatic imine (C=N–C) groups is 1. The van der Waals surface area contributed by atoms with Crippen LogP contribution in [-0.2, 0) is 21.1 Å². The normalized spacial score (nSPS) is 14.3. The fourth-order valence-corrected chi connectivity index (χ4v) is 5.43. The third-order valence-corrected chi connectivity index (χ3v) is 7.38. The number of pyridine rings is 2. The lowest BCUT2D eigenvalue weighted by Crippen LogP contribution is -2.30. The summed E-state index contributed by atoms with van der Waals surface area (Å²) in [6, 6.07) is 2.93. The van der Waals surface area contributed by atoms with Crippen LogP contribution in [0.1, 0.15) is 36.2 Å². The first kappa shape index (κ1) is 21.7. The number of aryl methyl sites for hydroxylation is 2. The van der Waals surface area contributed by atoms with E-state index in [9.17, 15) is 18.0 Å². The van der Waals surface area contributed by atoms with Crippen molar-refractivity contribution in [3.05, 3.63) is 39.4 Å². The number of carbonyl (C=O) groups excluding carboxylic acids is 1. The molecule has 2 heterocycles. The van der Waals surface area contributed by atoms with E-state index in [4.69, 9.17) is 11.5 Å². The summed E-state index contributed by atoms with van der Waals surface area (Å²) in [5.41, 5.74) is 12.6. The molecule has 1 aliphatic rings. The number of anilines is 2. The fraction of sp³-hybridized carbons (Fsp3) is 0.400. The van der Waals surface area contributed by atoms with E-state index >= 15 is 0 Å². The third kappa shape index (κ3) is 4.00. The SMILES string of the molecule is C=NC(=O)Cc1cc(N)c(-n2c(C)cc(S(=O)(=O)CC3CCC3)c(N)c2=O)nc1C. The molecular weight excluding hydrogens is 406 g/mol. The Bertz CT molecular complexity index is 1200. The highest BCUT2D eigenvalue weighted by molar-refractivity contribution is 7.91. The maximum atomic E-state index is 13.0. The van der Waals surface area contributed by atoms with Gasteiger partial charge >= 0.3 is 0 Å². The highest BCUT2D eigenvalue weighted by Gasteiger charge is 2.29. The first-order valence-corrected chi connectivity index (χ1v) is 11.2. The summed E-state index contributed by atoms with van der Waals surface area (Å²) in [5, 5.41) is 0. The first-order chi connectivity index (χ1) is 14.0. The Morgan fingerprint density at radius 1 is 1.30 bits per heavy atom. The van der Waals surface area contributed by atoms with Gasteiger partial charge in [0.1, 0.15) is 5.69 Å². The van der Waals surface area contributed by atoms with Crippen LogP contribution < -0.4 is 17.0 Å². The lowest BCUT2D eigenvalue weighted by Gasteiger charge is -2.25. The molecule has 160 valence electrons. The molecular formula is C20H25N5O4S. The molecule has 1 amide bonds. The number of aromatic nitrogens is 2. The van der Waals surface area contributed by atoms with Crippen molar-refractivity contribution >= 4 is 33.8 Å². The van der Waals surface area contributed by atoms with Crippen molar-refractivity contribution in [2.45, 2.75) is 44.4 Å². The van der Waals surface area contributed by atoms with Gasteiger partial charge in [0, 0.05) is 11.4 Å². The van der Waals surface area contributed by atoms with Gasteiger partial charge in [-0.2, -0.15) is 0 Å². The van der Waals surface area contributed by atoms with Crippen LogP contribution in [0.5, 0.6) is 0 Å². The summed E-state index contributed by atoms with van der Waals surface area (Å²) >= 11 is 0. The van der Waals surface area contributed by atoms with E-state index in [1.54, 1.807) is 19.9 Å². The van der Waals surface area contributed by atoms with Gasteiger partial charge in [0.25, 0.3) is 5.56 Å². The molecule has 0 aromatic carbocycles. The Balaban J connectivity index is 2.09. The number of sulfone groups is 1. The molecule has 9 nitrogen and oxygen atoms in total. The van der Waals surface area contributed by atoms with E-state index in [-0.39, 0.29) is 40.2 Å². The third-order valence-electron chi connectivity index (χ3n) is 5.46. The molecule has 30 heavy (non-hydrogen) atoms. The van der Waals surface area contributed by atoms with Crippen molar-refractivity contribution in [1.29, 1.82) is 0 Å². The van der Waals surface area contributed by atoms with Gasteiger partial charge in [-0.15, -0.1) is 0 Å². The molecule has 4 N–H and O–H groups in total. The molecule has 0 spiro atoms. The summed E-state index contributed by atoms with van der Waals surface area (Å²) in [6.07, 6.45) is 2.74. The van der Waals surface area contributed by atoms with E-state index in [1.165, 1.54) is 10.6 Å². The Kier molecular flexibility index (Phi) is 5.80. The standard InChI is InChI=1S/C20H25N5O4S/c1-11-7-16(30(28,29)10-13-5-4-6-13)18(22)20(27)25(11)19-15(21)8-14(12(2)24-19)9-17(26)23-3/h7-8,13H,3-6,9-10,21-22H2,1-2H3. The minimum atomic E-state index is -3.68. The minimum absolute atomic E-state index is 0.0127. The van der Waals surface area contributed by atoms with Crippen molar-refractivity contribution in [3.63, 3.8) is 0 Å². The smallest absolute Gasteiger partial charge is 0.281 e. The van der Waals surface area contributed by atoms with Crippen LogP contribution in [0.3, 0.4) is 0 Å². The number of rotatable bonds is 6. The number of hydrogen-bond donors (Lipinski definition) is 2. The van der Waals surface area contributed by atoms with Crippen LogP contribution in [0.25, 0.3) is 5.82 Å². The molecule has 10 heteroatoms. The number of nitrogen functional groups attached to an aromatic ring is 2. The molecule has 0 radical (unpaired) electrons. The summed E-state index contributed by atoms with van der Waals surface area (Å²) in [4.78, 5) is 32.1. The Labute approximate surface area is 174 Å². The van der Waals surface area contributed by atoms with Crippen molar-refractivity contribution < 1.29 is 13.2 Å². The van der Waals surface area contributed by atoms with Crippen molar-refractivity contribution in [3.8, 4) is 5.82 Å². The molecule has 1 aliphatic carbocycles. The van der Waals surface area contributed by atoms with Crippen molar-refractivity contribution in [1.82, 2.24) is 9.55 Å². The van der Waals surface area contributed by atoms with Crippen LogP contribution in [-0.4, -0.2) is 36.3 Å². The molecule has 1 saturated carbocycles. The van der Waals surface area contributed by atoms with Gasteiger partial charge in [-0.25, -0.2) is 18.4 Å². The minimum Gasteiger partial charge on any atom is -0.396 e. The maximum Gasteiger partial charge on any atom is 0.281 e. The van der Waals surface area contributed by atoms with Gasteiger partial charge in [0.2, 0.25) is 5.91 Å². The second kappa shape index (κ2) is 8.02. The average molecular weight is 432 g/mol. The Hall–Kier alpha value is -3.01. The molecule has 0 aliphatic heterocycles. The van der Waals surface area contributed by atoms with E-state index in [0.717, 1.165) is 19.3 Å². The molecule has 2 aromatic heterocycles. The summed E-state index contributed by atoms with van der Waals surface area (Å²) < 4.78 is 26.8. The van der Waals surface area contributed by atoms with Gasteiger partial charge in [-0.05, 0) is 57.0 Å². The highest BCUT2D eigenvalue weighted by Crippen LogP contribution is 2.31. The van der Waals surface area contributed by atoms with Crippen LogP contribution in [0, 0.1) is 19.8 Å². The largest absolute Gasteiger partial charge is 0.396 e. The van der Waals surface area contributed by atoms with E-state index in [2.05, 4.69) is 16.7 Å². The zero-order valence-electron chi connectivity index (χ0n) is 17.0. The van der Waals surface area contributed by atoms with Gasteiger partial charge in [-0.3, -0.25) is 14.2 Å². The Morgan fingerprint density at radius 2 is 1.97 bits per heavy atom. The average Bonchev–Trinajstić information content (AvgIpc) is 2.65.